The number of carbonyl (C=O) groups is 1. The Balaban J connectivity index is 3.25. The Kier molecular flexibility index (Phi) is 5.40. The summed E-state index contributed by atoms with van der Waals surface area (Å²) in [7, 11) is 0. The van der Waals surface area contributed by atoms with Gasteiger partial charge in [-0.25, -0.2) is 4.79 Å². The number of urea groups is 1. The highest BCUT2D eigenvalue weighted by Gasteiger charge is 2.06. The van der Waals surface area contributed by atoms with E-state index in [-0.39, 0.29) is 6.04 Å². The molecule has 0 aliphatic carbocycles. The lowest BCUT2D eigenvalue weighted by Crippen LogP contribution is -2.41. The number of nitrogens with two attached hydrogens (primary N) is 1. The first-order chi connectivity index (χ1) is 5.54. The van der Waals surface area contributed by atoms with Gasteiger partial charge in [0, 0.05) is 19.1 Å². The van der Waals surface area contributed by atoms with Gasteiger partial charge >= 0.3 is 6.03 Å². The van der Waals surface area contributed by atoms with Crippen molar-refractivity contribution in [3.63, 3.8) is 0 Å². The average Bonchev–Trinajstić information content (AvgIpc) is 1.97. The number of hydrogen-bond donors (Lipinski definition) is 4. The molecule has 0 heterocycles. The third-order valence-corrected chi connectivity index (χ3v) is 1.61. The Morgan fingerprint density at radius 2 is 2.08 bits per heavy atom. The molecular weight excluding hydrogens is 158 g/mol. The molecule has 0 radical (unpaired) electrons. The molecule has 0 saturated carbocycles. The van der Waals surface area contributed by atoms with Crippen LogP contribution < -0.4 is 16.4 Å². The fourth-order valence-electron chi connectivity index (χ4n) is 0.656. The Labute approximate surface area is 72.3 Å². The summed E-state index contributed by atoms with van der Waals surface area (Å²) in [5.41, 5.74) is 4.84. The Morgan fingerprint density at radius 3 is 2.50 bits per heavy atom. The lowest BCUT2D eigenvalue weighted by atomic mass is 10.2. The van der Waals surface area contributed by atoms with Crippen LogP contribution in [0.3, 0.4) is 0 Å². The molecule has 0 aliphatic rings. The minimum atomic E-state index is -0.526. The first-order valence-corrected chi connectivity index (χ1v) is 3.98. The Bertz CT molecular complexity index is 139. The van der Waals surface area contributed by atoms with Crippen LogP contribution in [0.4, 0.5) is 4.79 Å². The van der Waals surface area contributed by atoms with Crippen LogP contribution in [0.2, 0.25) is 0 Å². The molecule has 2 atom stereocenters. The number of carbonyl (C=O) groups excluding carboxylic acids is 1. The summed E-state index contributed by atoms with van der Waals surface area (Å²) in [6.07, 6.45) is -0.390. The molecule has 0 aliphatic heterocycles. The van der Waals surface area contributed by atoms with Crippen LogP contribution in [-0.2, 0) is 0 Å². The van der Waals surface area contributed by atoms with Crippen molar-refractivity contribution in [3.05, 3.63) is 0 Å². The molecule has 0 bridgehead atoms. The zero-order chi connectivity index (χ0) is 9.56. The van der Waals surface area contributed by atoms with Crippen molar-refractivity contribution in [2.24, 2.45) is 5.73 Å². The summed E-state index contributed by atoms with van der Waals surface area (Å²) in [5.74, 6) is 0. The number of hydrogen-bond acceptors (Lipinski definition) is 3. The average molecular weight is 175 g/mol. The van der Waals surface area contributed by atoms with Gasteiger partial charge in [-0.15, -0.1) is 0 Å². The first-order valence-electron chi connectivity index (χ1n) is 3.98. The van der Waals surface area contributed by atoms with Crippen molar-refractivity contribution in [1.82, 2.24) is 10.6 Å². The molecule has 0 rings (SSSR count). The van der Waals surface area contributed by atoms with Gasteiger partial charge in [0.1, 0.15) is 0 Å². The molecule has 2 unspecified atom stereocenters. The largest absolute Gasteiger partial charge is 0.392 e. The van der Waals surface area contributed by atoms with E-state index in [2.05, 4.69) is 10.6 Å². The second-order valence-electron chi connectivity index (χ2n) is 2.77. The van der Waals surface area contributed by atoms with E-state index < -0.39 is 12.1 Å². The van der Waals surface area contributed by atoms with Gasteiger partial charge in [0.25, 0.3) is 0 Å². The smallest absolute Gasteiger partial charge is 0.312 e. The summed E-state index contributed by atoms with van der Waals surface area (Å²) in [6.45, 7) is 4.66. The maximum atomic E-state index is 10.2. The number of aliphatic hydroxyl groups excluding tert-OH is 1. The van der Waals surface area contributed by atoms with E-state index in [0.29, 0.717) is 13.1 Å². The monoisotopic (exact) mass is 175 g/mol. The van der Waals surface area contributed by atoms with Crippen LogP contribution in [0.1, 0.15) is 13.8 Å². The van der Waals surface area contributed by atoms with Gasteiger partial charge < -0.3 is 21.5 Å². The molecule has 5 N–H and O–H groups in total. The molecule has 12 heavy (non-hydrogen) atoms. The van der Waals surface area contributed by atoms with Crippen LogP contribution in [0, 0.1) is 0 Å². The van der Waals surface area contributed by atoms with Crippen LogP contribution >= 0.6 is 0 Å². The van der Waals surface area contributed by atoms with E-state index in [0.717, 1.165) is 0 Å². The summed E-state index contributed by atoms with van der Waals surface area (Å²) in [4.78, 5) is 10.2. The van der Waals surface area contributed by atoms with Gasteiger partial charge in [-0.3, -0.25) is 0 Å². The predicted octanol–water partition coefficient (Wildman–Crippen LogP) is -0.986. The van der Waals surface area contributed by atoms with Crippen molar-refractivity contribution in [2.45, 2.75) is 26.0 Å². The topological polar surface area (TPSA) is 87.4 Å². The number of primary amides is 1. The van der Waals surface area contributed by atoms with E-state index in [9.17, 15) is 4.79 Å². The molecule has 2 amide bonds. The van der Waals surface area contributed by atoms with Crippen LogP contribution in [0.25, 0.3) is 0 Å². The minimum absolute atomic E-state index is 0.0275. The molecule has 0 aromatic carbocycles. The van der Waals surface area contributed by atoms with E-state index in [1.807, 2.05) is 6.92 Å². The summed E-state index contributed by atoms with van der Waals surface area (Å²) >= 11 is 0. The number of nitrogens with one attached hydrogen (secondary N) is 2. The lowest BCUT2D eigenvalue weighted by molar-refractivity contribution is 0.153. The number of rotatable bonds is 5. The molecule has 0 fully saturated rings. The second kappa shape index (κ2) is 5.79. The molecule has 5 heteroatoms. The van der Waals surface area contributed by atoms with Gasteiger partial charge in [-0.2, -0.15) is 0 Å². The van der Waals surface area contributed by atoms with Crippen molar-refractivity contribution in [2.75, 3.05) is 13.1 Å². The maximum Gasteiger partial charge on any atom is 0.312 e. The van der Waals surface area contributed by atoms with E-state index >= 15 is 0 Å². The quantitative estimate of drug-likeness (QED) is 0.405. The van der Waals surface area contributed by atoms with Crippen LogP contribution in [0.15, 0.2) is 0 Å². The molecular formula is C7H17N3O2. The maximum absolute atomic E-state index is 10.2. The summed E-state index contributed by atoms with van der Waals surface area (Å²) < 4.78 is 0. The standard InChI is InChI=1S/C7H17N3O2/c1-5(6(2)11)9-3-4-10-7(8)12/h5-6,9,11H,3-4H2,1-2H3,(H3,8,10,12). The summed E-state index contributed by atoms with van der Waals surface area (Å²) in [6, 6.07) is -0.499. The van der Waals surface area contributed by atoms with Crippen molar-refractivity contribution in [3.8, 4) is 0 Å². The van der Waals surface area contributed by atoms with Gasteiger partial charge in [0.2, 0.25) is 0 Å². The van der Waals surface area contributed by atoms with Gasteiger partial charge in [-0.05, 0) is 13.8 Å². The normalized spacial score (nSPS) is 15.2. The fraction of sp³-hybridized carbons (Fsp3) is 0.857. The van der Waals surface area contributed by atoms with Gasteiger partial charge in [0.05, 0.1) is 6.10 Å². The lowest BCUT2D eigenvalue weighted by Gasteiger charge is -2.16. The van der Waals surface area contributed by atoms with E-state index in [4.69, 9.17) is 10.8 Å². The molecule has 0 spiro atoms. The van der Waals surface area contributed by atoms with Crippen LogP contribution in [-0.4, -0.2) is 36.4 Å². The molecule has 0 saturated heterocycles. The number of aliphatic hydroxyl groups is 1. The predicted molar refractivity (Wildman–Crippen MR) is 46.7 cm³/mol. The molecule has 5 nitrogen and oxygen atoms in total. The van der Waals surface area contributed by atoms with Gasteiger partial charge in [0.15, 0.2) is 0 Å². The SMILES string of the molecule is CC(O)C(C)NCCNC(N)=O. The molecule has 0 aromatic rings. The fourth-order valence-corrected chi connectivity index (χ4v) is 0.656. The zero-order valence-corrected chi connectivity index (χ0v) is 7.50. The highest BCUT2D eigenvalue weighted by Crippen LogP contribution is 1.88. The van der Waals surface area contributed by atoms with Crippen molar-refractivity contribution in [1.29, 1.82) is 0 Å². The second-order valence-corrected chi connectivity index (χ2v) is 2.77. The Hall–Kier alpha value is -0.810. The van der Waals surface area contributed by atoms with Crippen LogP contribution in [0.5, 0.6) is 0 Å². The van der Waals surface area contributed by atoms with Crippen molar-refractivity contribution >= 4 is 6.03 Å². The number of amides is 2. The Morgan fingerprint density at radius 1 is 1.50 bits per heavy atom. The summed E-state index contributed by atoms with van der Waals surface area (Å²) in [5, 5.41) is 14.5. The minimum Gasteiger partial charge on any atom is -0.392 e. The van der Waals surface area contributed by atoms with E-state index in [1.165, 1.54) is 0 Å². The van der Waals surface area contributed by atoms with Crippen molar-refractivity contribution < 1.29 is 9.90 Å². The zero-order valence-electron chi connectivity index (χ0n) is 7.50. The third-order valence-electron chi connectivity index (χ3n) is 1.61. The third kappa shape index (κ3) is 5.94. The van der Waals surface area contributed by atoms with E-state index in [1.54, 1.807) is 6.92 Å². The molecule has 0 aromatic heterocycles. The van der Waals surface area contributed by atoms with Gasteiger partial charge in [-0.1, -0.05) is 0 Å². The highest BCUT2D eigenvalue weighted by atomic mass is 16.3. The molecule has 72 valence electrons. The highest BCUT2D eigenvalue weighted by molar-refractivity contribution is 5.71. The first kappa shape index (κ1) is 11.2.